The van der Waals surface area contributed by atoms with Gasteiger partial charge in [0.2, 0.25) is 0 Å². The number of nitrogens with zero attached hydrogens (tertiary/aromatic N) is 3. The normalized spacial score (nSPS) is 11.7. The van der Waals surface area contributed by atoms with Crippen molar-refractivity contribution in [3.8, 4) is 5.69 Å². The number of hydrogen-bond acceptors (Lipinski definition) is 6. The Labute approximate surface area is 147 Å². The molecule has 3 aromatic rings. The molecule has 1 aromatic carbocycles. The number of benzene rings is 1. The van der Waals surface area contributed by atoms with Crippen molar-refractivity contribution in [1.82, 2.24) is 13.5 Å². The van der Waals surface area contributed by atoms with Crippen molar-refractivity contribution >= 4 is 27.6 Å². The quantitative estimate of drug-likeness (QED) is 0.630. The van der Waals surface area contributed by atoms with Crippen LogP contribution in [-0.2, 0) is 18.0 Å². The van der Waals surface area contributed by atoms with Crippen LogP contribution in [0.15, 0.2) is 33.9 Å². The Morgan fingerprint density at radius 1 is 1.23 bits per heavy atom. The van der Waals surface area contributed by atoms with Gasteiger partial charge in [0.25, 0.3) is 5.56 Å². The number of fused-ring (bicyclic) bond motifs is 1. The van der Waals surface area contributed by atoms with Gasteiger partial charge in [0, 0.05) is 18.5 Å². The Morgan fingerprint density at radius 2 is 1.92 bits per heavy atom. The summed E-state index contributed by atoms with van der Waals surface area (Å²) in [6.45, 7) is 0. The fraction of sp³-hybridized carbons (Fsp3) is 0.200. The van der Waals surface area contributed by atoms with E-state index in [9.17, 15) is 27.6 Å². The lowest BCUT2D eigenvalue weighted by Crippen LogP contribution is -2.40. The Bertz CT molecular complexity index is 1140. The molecule has 26 heavy (non-hydrogen) atoms. The minimum absolute atomic E-state index is 0.00821. The van der Waals surface area contributed by atoms with Crippen molar-refractivity contribution in [3.05, 3.63) is 56.5 Å². The topological polar surface area (TPSA) is 83.2 Å². The zero-order valence-corrected chi connectivity index (χ0v) is 14.1. The van der Waals surface area contributed by atoms with Crippen molar-refractivity contribution < 1.29 is 22.7 Å². The molecule has 7 nitrogen and oxygen atoms in total. The second kappa shape index (κ2) is 6.09. The molecule has 2 aromatic heterocycles. The number of carbonyl (C=O) groups is 1. The molecule has 11 heteroatoms. The molecule has 0 N–H and O–H groups in total. The number of rotatable bonds is 2. The van der Waals surface area contributed by atoms with E-state index in [1.54, 1.807) is 0 Å². The van der Waals surface area contributed by atoms with Crippen LogP contribution in [0.4, 0.5) is 13.2 Å². The first-order chi connectivity index (χ1) is 12.1. The molecule has 0 aliphatic heterocycles. The fourth-order valence-corrected chi connectivity index (χ4v) is 3.19. The van der Waals surface area contributed by atoms with Crippen molar-refractivity contribution in [1.29, 1.82) is 0 Å². The molecule has 0 saturated carbocycles. The number of hydrogen-bond donors (Lipinski definition) is 0. The highest BCUT2D eigenvalue weighted by Gasteiger charge is 2.35. The van der Waals surface area contributed by atoms with Gasteiger partial charge in [-0.1, -0.05) is 0 Å². The zero-order valence-electron chi connectivity index (χ0n) is 13.3. The number of esters is 1. The average molecular weight is 385 g/mol. The Balaban J connectivity index is 2.28. The van der Waals surface area contributed by atoms with Gasteiger partial charge < -0.3 is 4.74 Å². The van der Waals surface area contributed by atoms with Crippen LogP contribution < -0.4 is 11.2 Å². The molecule has 0 unspecified atom stereocenters. The zero-order chi connectivity index (χ0) is 19.2. The lowest BCUT2D eigenvalue weighted by atomic mass is 10.2. The van der Waals surface area contributed by atoms with Crippen molar-refractivity contribution in [2.75, 3.05) is 7.11 Å². The third kappa shape index (κ3) is 2.79. The average Bonchev–Trinajstić information content (AvgIpc) is 3.00. The first kappa shape index (κ1) is 17.9. The first-order valence-electron chi connectivity index (χ1n) is 7.03. The van der Waals surface area contributed by atoms with E-state index in [2.05, 4.69) is 9.11 Å². The van der Waals surface area contributed by atoms with Gasteiger partial charge >= 0.3 is 17.8 Å². The molecule has 0 atom stereocenters. The number of carbonyl (C=O) groups excluding carboxylic acids is 1. The molecule has 136 valence electrons. The molecule has 3 rings (SSSR count). The summed E-state index contributed by atoms with van der Waals surface area (Å²) < 4.78 is 48.9. The van der Waals surface area contributed by atoms with Crippen molar-refractivity contribution in [2.24, 2.45) is 7.05 Å². The summed E-state index contributed by atoms with van der Waals surface area (Å²) in [6, 6.07) is 4.58. The molecule has 0 fully saturated rings. The van der Waals surface area contributed by atoms with E-state index in [1.165, 1.54) is 25.3 Å². The standard InChI is InChI=1S/C15H10F3N3O4S/c1-20-10(15(16,17)18)6-11(22)21(14(20)24)7-3-4-9-8(5-7)12(19-26-9)13(23)25-2/h3-6H,1-2H3. The maximum Gasteiger partial charge on any atom is 0.431 e. The van der Waals surface area contributed by atoms with Crippen LogP contribution >= 0.6 is 11.5 Å². The van der Waals surface area contributed by atoms with Gasteiger partial charge in [-0.05, 0) is 29.7 Å². The molecule has 0 aliphatic carbocycles. The van der Waals surface area contributed by atoms with E-state index in [0.717, 1.165) is 18.6 Å². The van der Waals surface area contributed by atoms with Gasteiger partial charge in [-0.15, -0.1) is 0 Å². The van der Waals surface area contributed by atoms with E-state index in [0.29, 0.717) is 25.3 Å². The molecule has 2 heterocycles. The highest BCUT2D eigenvalue weighted by Crippen LogP contribution is 2.28. The number of methoxy groups -OCH3 is 1. The fourth-order valence-electron chi connectivity index (χ4n) is 2.44. The van der Waals surface area contributed by atoms with Gasteiger partial charge in [-0.2, -0.15) is 17.5 Å². The molecular formula is C15H10F3N3O4S. The molecule has 0 amide bonds. The maximum absolute atomic E-state index is 12.9. The van der Waals surface area contributed by atoms with Crippen LogP contribution in [0.1, 0.15) is 16.2 Å². The van der Waals surface area contributed by atoms with Gasteiger partial charge in [-0.25, -0.2) is 14.2 Å². The van der Waals surface area contributed by atoms with E-state index in [4.69, 9.17) is 0 Å². The largest absolute Gasteiger partial charge is 0.464 e. The van der Waals surface area contributed by atoms with E-state index in [1.807, 2.05) is 0 Å². The summed E-state index contributed by atoms with van der Waals surface area (Å²) in [5.41, 5.74) is -3.64. The highest BCUT2D eigenvalue weighted by atomic mass is 32.1. The minimum Gasteiger partial charge on any atom is -0.464 e. The molecule has 0 saturated heterocycles. The van der Waals surface area contributed by atoms with Crippen molar-refractivity contribution in [2.45, 2.75) is 6.18 Å². The lowest BCUT2D eigenvalue weighted by molar-refractivity contribution is -0.144. The molecule has 0 aliphatic rings. The third-order valence-electron chi connectivity index (χ3n) is 3.70. The Hall–Kier alpha value is -2.95. The van der Waals surface area contributed by atoms with Crippen LogP contribution in [-0.4, -0.2) is 26.6 Å². The van der Waals surface area contributed by atoms with Gasteiger partial charge in [0.15, 0.2) is 5.69 Å². The van der Waals surface area contributed by atoms with Crippen LogP contribution in [0.3, 0.4) is 0 Å². The summed E-state index contributed by atoms with van der Waals surface area (Å²) >= 11 is 1.01. The summed E-state index contributed by atoms with van der Waals surface area (Å²) in [4.78, 5) is 36.2. The minimum atomic E-state index is -4.84. The van der Waals surface area contributed by atoms with Crippen LogP contribution in [0, 0.1) is 0 Å². The van der Waals surface area contributed by atoms with Crippen LogP contribution in [0.2, 0.25) is 0 Å². The SMILES string of the molecule is COC(=O)c1nsc2ccc(-n3c(=O)cc(C(F)(F)F)n(C)c3=O)cc12. The summed E-state index contributed by atoms with van der Waals surface area (Å²) in [5, 5.41) is 0.327. The van der Waals surface area contributed by atoms with E-state index < -0.39 is 29.1 Å². The predicted octanol–water partition coefficient (Wildman–Crippen LogP) is 1.95. The van der Waals surface area contributed by atoms with Gasteiger partial charge in [-0.3, -0.25) is 9.36 Å². The lowest BCUT2D eigenvalue weighted by Gasteiger charge is -2.13. The smallest absolute Gasteiger partial charge is 0.431 e. The number of ether oxygens (including phenoxy) is 1. The Kier molecular flexibility index (Phi) is 4.18. The summed E-state index contributed by atoms with van der Waals surface area (Å²) in [5.74, 6) is -0.707. The van der Waals surface area contributed by atoms with Crippen LogP contribution in [0.5, 0.6) is 0 Å². The molecule has 0 bridgehead atoms. The summed E-state index contributed by atoms with van der Waals surface area (Å²) in [6.07, 6.45) is -4.84. The molecular weight excluding hydrogens is 375 g/mol. The molecule has 0 spiro atoms. The second-order valence-electron chi connectivity index (χ2n) is 5.25. The number of halogens is 3. The van der Waals surface area contributed by atoms with E-state index >= 15 is 0 Å². The van der Waals surface area contributed by atoms with Gasteiger partial charge in [0.05, 0.1) is 17.5 Å². The maximum atomic E-state index is 12.9. The monoisotopic (exact) mass is 385 g/mol. The van der Waals surface area contributed by atoms with Gasteiger partial charge in [0.1, 0.15) is 5.69 Å². The van der Waals surface area contributed by atoms with Crippen LogP contribution in [0.25, 0.3) is 15.8 Å². The van der Waals surface area contributed by atoms with Crippen molar-refractivity contribution in [3.63, 3.8) is 0 Å². The highest BCUT2D eigenvalue weighted by molar-refractivity contribution is 7.13. The molecule has 0 radical (unpaired) electrons. The number of aromatic nitrogens is 3. The third-order valence-corrected chi connectivity index (χ3v) is 4.53. The summed E-state index contributed by atoms with van der Waals surface area (Å²) in [7, 11) is 2.10. The predicted molar refractivity (Wildman–Crippen MR) is 86.8 cm³/mol. The number of alkyl halides is 3. The van der Waals surface area contributed by atoms with E-state index in [-0.39, 0.29) is 11.4 Å². The Morgan fingerprint density at radius 3 is 2.54 bits per heavy atom. The first-order valence-corrected chi connectivity index (χ1v) is 7.81. The second-order valence-corrected chi connectivity index (χ2v) is 6.05.